The summed E-state index contributed by atoms with van der Waals surface area (Å²) in [6, 6.07) is 1.58. The Morgan fingerprint density at radius 1 is 1.16 bits per heavy atom. The van der Waals surface area contributed by atoms with E-state index in [1.807, 2.05) is 0 Å². The van der Waals surface area contributed by atoms with E-state index in [0.29, 0.717) is 11.8 Å². The minimum atomic E-state index is -4.57. The van der Waals surface area contributed by atoms with E-state index in [4.69, 9.17) is 11.6 Å². The largest absolute Gasteiger partial charge is 0.451 e. The van der Waals surface area contributed by atoms with Crippen molar-refractivity contribution in [2.24, 2.45) is 11.8 Å². The lowest BCUT2D eigenvalue weighted by Crippen LogP contribution is -2.25. The van der Waals surface area contributed by atoms with E-state index >= 15 is 0 Å². The van der Waals surface area contributed by atoms with Crippen molar-refractivity contribution in [1.82, 2.24) is 9.97 Å². The maximum atomic E-state index is 12.6. The molecule has 2 aliphatic carbocycles. The van der Waals surface area contributed by atoms with Gasteiger partial charge in [-0.25, -0.2) is 9.97 Å². The Hall–Kier alpha value is -1.04. The Bertz CT molecular complexity index is 472. The number of nitrogens with one attached hydrogen (secondary N) is 1. The third-order valence-corrected chi connectivity index (χ3v) is 3.72. The molecule has 1 aromatic heterocycles. The van der Waals surface area contributed by atoms with E-state index in [1.54, 1.807) is 0 Å². The van der Waals surface area contributed by atoms with E-state index in [1.165, 1.54) is 6.07 Å². The summed E-state index contributed by atoms with van der Waals surface area (Å²) in [7, 11) is 0. The summed E-state index contributed by atoms with van der Waals surface area (Å²) in [5.74, 6) is 0.120. The lowest BCUT2D eigenvalue weighted by Gasteiger charge is -2.19. The highest BCUT2D eigenvalue weighted by molar-refractivity contribution is 6.29. The first-order chi connectivity index (χ1) is 8.93. The molecule has 0 atom stereocenters. The molecule has 3 rings (SSSR count). The topological polar surface area (TPSA) is 37.8 Å². The molecule has 1 N–H and O–H groups in total. The summed E-state index contributed by atoms with van der Waals surface area (Å²) >= 11 is 5.64. The molecule has 0 radical (unpaired) electrons. The van der Waals surface area contributed by atoms with Crippen molar-refractivity contribution < 1.29 is 13.2 Å². The van der Waals surface area contributed by atoms with E-state index in [2.05, 4.69) is 15.3 Å². The van der Waals surface area contributed by atoms with Crippen LogP contribution in [0.5, 0.6) is 0 Å². The molecular formula is C12H13ClF3N3. The zero-order valence-electron chi connectivity index (χ0n) is 10.0. The van der Waals surface area contributed by atoms with Gasteiger partial charge in [0.15, 0.2) is 0 Å². The molecule has 2 aliphatic rings. The predicted molar refractivity (Wildman–Crippen MR) is 64.9 cm³/mol. The van der Waals surface area contributed by atoms with E-state index in [0.717, 1.165) is 25.7 Å². The molecule has 0 amide bonds. The van der Waals surface area contributed by atoms with Gasteiger partial charge in [0.05, 0.1) is 0 Å². The molecule has 2 fully saturated rings. The maximum Gasteiger partial charge on any atom is 0.451 e. The fourth-order valence-electron chi connectivity index (χ4n) is 2.32. The number of rotatable bonds is 4. The lowest BCUT2D eigenvalue weighted by atomic mass is 10.1. The lowest BCUT2D eigenvalue weighted by molar-refractivity contribution is -0.144. The Balaban J connectivity index is 1.81. The quantitative estimate of drug-likeness (QED) is 0.859. The second-order valence-electron chi connectivity index (χ2n) is 5.24. The summed E-state index contributed by atoms with van der Waals surface area (Å²) in [4.78, 5) is 6.76. The number of hydrogen-bond acceptors (Lipinski definition) is 3. The van der Waals surface area contributed by atoms with Crippen LogP contribution < -0.4 is 5.32 Å². The molecule has 0 aromatic carbocycles. The molecule has 0 saturated heterocycles. The number of halogens is 4. The van der Waals surface area contributed by atoms with Gasteiger partial charge in [0, 0.05) is 12.1 Å². The molecule has 1 heterocycles. The monoisotopic (exact) mass is 291 g/mol. The average Bonchev–Trinajstić information content (AvgIpc) is 3.16. The molecule has 0 unspecified atom stereocenters. The van der Waals surface area contributed by atoms with Crippen molar-refractivity contribution in [2.45, 2.75) is 37.9 Å². The highest BCUT2D eigenvalue weighted by Crippen LogP contribution is 2.45. The Labute approximate surface area is 113 Å². The first-order valence-electron chi connectivity index (χ1n) is 6.32. The average molecular weight is 292 g/mol. The van der Waals surface area contributed by atoms with Crippen LogP contribution in [-0.2, 0) is 6.18 Å². The number of anilines is 1. The van der Waals surface area contributed by atoms with Gasteiger partial charge in [-0.2, -0.15) is 13.2 Å². The summed E-state index contributed by atoms with van der Waals surface area (Å²) in [6.45, 7) is 0. The number of aromatic nitrogens is 2. The van der Waals surface area contributed by atoms with Crippen LogP contribution in [-0.4, -0.2) is 16.0 Å². The summed E-state index contributed by atoms with van der Waals surface area (Å²) < 4.78 is 37.8. The molecule has 2 saturated carbocycles. The van der Waals surface area contributed by atoms with Crippen molar-refractivity contribution in [1.29, 1.82) is 0 Å². The second kappa shape index (κ2) is 4.51. The van der Waals surface area contributed by atoms with Gasteiger partial charge in [-0.05, 0) is 37.5 Å². The van der Waals surface area contributed by atoms with Crippen LogP contribution in [0.15, 0.2) is 6.07 Å². The molecule has 7 heteroatoms. The van der Waals surface area contributed by atoms with Crippen molar-refractivity contribution in [3.05, 3.63) is 17.0 Å². The number of hydrogen-bond donors (Lipinski definition) is 1. The Morgan fingerprint density at radius 2 is 1.74 bits per heavy atom. The molecule has 0 spiro atoms. The Kier molecular flexibility index (Phi) is 3.08. The number of nitrogens with zero attached hydrogens (tertiary/aromatic N) is 2. The van der Waals surface area contributed by atoms with Gasteiger partial charge in [-0.15, -0.1) is 0 Å². The van der Waals surface area contributed by atoms with Gasteiger partial charge in [0.25, 0.3) is 0 Å². The highest BCUT2D eigenvalue weighted by Gasteiger charge is 2.42. The van der Waals surface area contributed by atoms with Crippen LogP contribution in [0.4, 0.5) is 19.0 Å². The normalized spacial score (nSPS) is 19.8. The van der Waals surface area contributed by atoms with Crippen LogP contribution in [0.1, 0.15) is 31.5 Å². The van der Waals surface area contributed by atoms with Crippen LogP contribution in [0.3, 0.4) is 0 Å². The van der Waals surface area contributed by atoms with Crippen LogP contribution >= 0.6 is 11.6 Å². The van der Waals surface area contributed by atoms with Gasteiger partial charge in [0.1, 0.15) is 11.0 Å². The smallest absolute Gasteiger partial charge is 0.367 e. The standard InChI is InChI=1S/C12H13ClF3N3/c13-8-5-9(19-11(17-8)12(14,15)16)18-10(6-1-2-6)7-3-4-7/h5-7,10H,1-4H2,(H,17,18,19). The van der Waals surface area contributed by atoms with Gasteiger partial charge in [0.2, 0.25) is 5.82 Å². The minimum absolute atomic E-state index is 0.177. The molecule has 1 aromatic rings. The SMILES string of the molecule is FC(F)(F)c1nc(Cl)cc(NC(C2CC2)C2CC2)n1. The van der Waals surface area contributed by atoms with Crippen molar-refractivity contribution in [3.8, 4) is 0 Å². The summed E-state index contributed by atoms with van der Waals surface area (Å²) in [6.07, 6.45) is -0.0214. The third kappa shape index (κ3) is 3.11. The van der Waals surface area contributed by atoms with Gasteiger partial charge in [-0.1, -0.05) is 11.6 Å². The molecule has 0 aliphatic heterocycles. The summed E-state index contributed by atoms with van der Waals surface area (Å²) in [5.41, 5.74) is 0. The van der Waals surface area contributed by atoms with Crippen molar-refractivity contribution >= 4 is 17.4 Å². The van der Waals surface area contributed by atoms with Crippen molar-refractivity contribution in [3.63, 3.8) is 0 Å². The fraction of sp³-hybridized carbons (Fsp3) is 0.667. The zero-order chi connectivity index (χ0) is 13.6. The van der Waals surface area contributed by atoms with Gasteiger partial charge >= 0.3 is 6.18 Å². The first-order valence-corrected chi connectivity index (χ1v) is 6.69. The molecule has 3 nitrogen and oxygen atoms in total. The fourth-order valence-corrected chi connectivity index (χ4v) is 2.50. The molecule has 104 valence electrons. The van der Waals surface area contributed by atoms with Gasteiger partial charge < -0.3 is 5.32 Å². The maximum absolute atomic E-state index is 12.6. The number of alkyl halides is 3. The van der Waals surface area contributed by atoms with Crippen molar-refractivity contribution in [2.75, 3.05) is 5.32 Å². The van der Waals surface area contributed by atoms with Gasteiger partial charge in [-0.3, -0.25) is 0 Å². The van der Waals surface area contributed by atoms with E-state index in [-0.39, 0.29) is 17.0 Å². The zero-order valence-corrected chi connectivity index (χ0v) is 10.8. The molecule has 0 bridgehead atoms. The Morgan fingerprint density at radius 3 is 2.21 bits per heavy atom. The predicted octanol–water partition coefficient (Wildman–Crippen LogP) is 3.75. The van der Waals surface area contributed by atoms with E-state index in [9.17, 15) is 13.2 Å². The van der Waals surface area contributed by atoms with Crippen LogP contribution in [0.2, 0.25) is 5.15 Å². The van der Waals surface area contributed by atoms with E-state index < -0.39 is 12.0 Å². The minimum Gasteiger partial charge on any atom is -0.367 e. The second-order valence-corrected chi connectivity index (χ2v) is 5.63. The summed E-state index contributed by atoms with van der Waals surface area (Å²) in [5, 5.41) is 2.94. The van der Waals surface area contributed by atoms with Crippen LogP contribution in [0, 0.1) is 11.8 Å². The molecule has 19 heavy (non-hydrogen) atoms. The van der Waals surface area contributed by atoms with Crippen LogP contribution in [0.25, 0.3) is 0 Å². The molecular weight excluding hydrogens is 279 g/mol. The highest BCUT2D eigenvalue weighted by atomic mass is 35.5. The first kappa shape index (κ1) is 13.0. The third-order valence-electron chi connectivity index (χ3n) is 3.52.